The molecule has 6 rings (SSSR count). The Morgan fingerprint density at radius 3 is 2.16 bits per heavy atom. The van der Waals surface area contributed by atoms with Crippen LogP contribution in [0.15, 0.2) is 78.9 Å². The second kappa shape index (κ2) is 7.99. The molecule has 3 nitrogen and oxygen atoms in total. The lowest BCUT2D eigenvalue weighted by Gasteiger charge is -2.29. The number of β-amino-alcohol motifs (C(OH)–C–C–N with tert-alkyl or cyclic N) is 1. The highest BCUT2D eigenvalue weighted by Crippen LogP contribution is 2.36. The maximum atomic E-state index is 11.4. The Labute approximate surface area is 189 Å². The Bertz CT molecular complexity index is 1270. The number of para-hydroxylation sites is 3. The normalized spacial score (nSPS) is 15.7. The first-order chi connectivity index (χ1) is 15.8. The summed E-state index contributed by atoms with van der Waals surface area (Å²) in [6.45, 7) is 1.15. The summed E-state index contributed by atoms with van der Waals surface area (Å²) >= 11 is 0. The number of hydrogen-bond donors (Lipinski definition) is 1. The number of fused-ring (bicyclic) bond motifs is 5. The van der Waals surface area contributed by atoms with Gasteiger partial charge >= 0.3 is 0 Å². The summed E-state index contributed by atoms with van der Waals surface area (Å²) in [5.41, 5.74) is 9.03. The van der Waals surface area contributed by atoms with Crippen molar-refractivity contribution in [2.24, 2.45) is 0 Å². The van der Waals surface area contributed by atoms with Gasteiger partial charge in [-0.2, -0.15) is 0 Å². The summed E-state index contributed by atoms with van der Waals surface area (Å²) in [4.78, 5) is 2.33. The molecular formula is C29H28N2O. The van der Waals surface area contributed by atoms with Crippen LogP contribution in [0.2, 0.25) is 0 Å². The Hall–Kier alpha value is -3.30. The van der Waals surface area contributed by atoms with Crippen molar-refractivity contribution in [3.05, 3.63) is 101 Å². The summed E-state index contributed by atoms with van der Waals surface area (Å²) in [5.74, 6) is 0. The molecule has 4 aromatic rings. The zero-order valence-electron chi connectivity index (χ0n) is 18.2. The van der Waals surface area contributed by atoms with Gasteiger partial charge in [-0.1, -0.05) is 60.7 Å². The van der Waals surface area contributed by atoms with Gasteiger partial charge in [-0.05, 0) is 66.6 Å². The Morgan fingerprint density at radius 1 is 0.750 bits per heavy atom. The molecule has 1 atom stereocenters. The number of allylic oxidation sites excluding steroid dienone is 1. The maximum Gasteiger partial charge on any atom is 0.0898 e. The summed E-state index contributed by atoms with van der Waals surface area (Å²) in [5, 5.41) is 12.7. The molecule has 1 aliphatic carbocycles. The first-order valence-corrected chi connectivity index (χ1v) is 11.7. The molecule has 2 aliphatic rings. The van der Waals surface area contributed by atoms with Gasteiger partial charge in [0, 0.05) is 28.0 Å². The molecular weight excluding hydrogens is 392 g/mol. The number of aliphatic hydroxyl groups is 1. The third-order valence-electron chi connectivity index (χ3n) is 6.97. The van der Waals surface area contributed by atoms with Crippen LogP contribution in [0.5, 0.6) is 0 Å². The van der Waals surface area contributed by atoms with Crippen LogP contribution in [0.3, 0.4) is 0 Å². The summed E-state index contributed by atoms with van der Waals surface area (Å²) in [7, 11) is 0. The van der Waals surface area contributed by atoms with Crippen LogP contribution in [0.4, 0.5) is 11.4 Å². The smallest absolute Gasteiger partial charge is 0.0898 e. The predicted octanol–water partition coefficient (Wildman–Crippen LogP) is 5.90. The van der Waals surface area contributed by atoms with Crippen LogP contribution in [-0.4, -0.2) is 22.3 Å². The maximum absolute atomic E-state index is 11.4. The SMILES string of the molecule is OC(CN1c2ccccc2CCc2ccccc21)Cn1c2c(c3ccccc31)CCC=C2. The number of hydrogen-bond acceptors (Lipinski definition) is 2. The van der Waals surface area contributed by atoms with E-state index in [1.807, 2.05) is 0 Å². The van der Waals surface area contributed by atoms with Gasteiger partial charge in [-0.3, -0.25) is 0 Å². The second-order valence-electron chi connectivity index (χ2n) is 8.95. The second-order valence-corrected chi connectivity index (χ2v) is 8.95. The van der Waals surface area contributed by atoms with E-state index in [1.165, 1.54) is 44.7 Å². The molecule has 1 aromatic heterocycles. The molecule has 0 bridgehead atoms. The predicted molar refractivity (Wildman–Crippen MR) is 133 cm³/mol. The van der Waals surface area contributed by atoms with E-state index >= 15 is 0 Å². The molecule has 1 aliphatic heterocycles. The van der Waals surface area contributed by atoms with E-state index < -0.39 is 6.10 Å². The fourth-order valence-corrected chi connectivity index (χ4v) is 5.51. The quantitative estimate of drug-likeness (QED) is 0.445. The average Bonchev–Trinajstić information content (AvgIpc) is 3.06. The summed E-state index contributed by atoms with van der Waals surface area (Å²) < 4.78 is 2.32. The van der Waals surface area contributed by atoms with Crippen molar-refractivity contribution < 1.29 is 5.11 Å². The number of benzene rings is 3. The molecule has 2 heterocycles. The minimum atomic E-state index is -0.496. The molecule has 0 fully saturated rings. The molecule has 0 spiro atoms. The van der Waals surface area contributed by atoms with Crippen LogP contribution >= 0.6 is 0 Å². The molecule has 0 radical (unpaired) electrons. The van der Waals surface area contributed by atoms with Crippen LogP contribution in [-0.2, 0) is 25.8 Å². The van der Waals surface area contributed by atoms with E-state index in [-0.39, 0.29) is 0 Å². The molecule has 0 saturated carbocycles. The van der Waals surface area contributed by atoms with E-state index in [9.17, 15) is 5.11 Å². The van der Waals surface area contributed by atoms with Gasteiger partial charge in [-0.25, -0.2) is 0 Å². The van der Waals surface area contributed by atoms with Gasteiger partial charge in [0.25, 0.3) is 0 Å². The van der Waals surface area contributed by atoms with Gasteiger partial charge in [0.15, 0.2) is 0 Å². The van der Waals surface area contributed by atoms with Crippen molar-refractivity contribution in [1.82, 2.24) is 4.57 Å². The van der Waals surface area contributed by atoms with E-state index in [0.29, 0.717) is 13.1 Å². The highest BCUT2D eigenvalue weighted by atomic mass is 16.3. The minimum absolute atomic E-state index is 0.496. The monoisotopic (exact) mass is 420 g/mol. The topological polar surface area (TPSA) is 28.4 Å². The molecule has 3 heteroatoms. The largest absolute Gasteiger partial charge is 0.389 e. The molecule has 160 valence electrons. The van der Waals surface area contributed by atoms with Gasteiger partial charge in [0.1, 0.15) is 0 Å². The highest BCUT2D eigenvalue weighted by Gasteiger charge is 2.24. The van der Waals surface area contributed by atoms with Gasteiger partial charge < -0.3 is 14.6 Å². The molecule has 0 amide bonds. The zero-order valence-corrected chi connectivity index (χ0v) is 18.2. The van der Waals surface area contributed by atoms with Crippen molar-refractivity contribution in [2.45, 2.75) is 38.3 Å². The van der Waals surface area contributed by atoms with Crippen LogP contribution < -0.4 is 4.90 Å². The summed E-state index contributed by atoms with van der Waals surface area (Å²) in [6.07, 6.45) is 8.21. The zero-order chi connectivity index (χ0) is 21.5. The standard InChI is InChI=1S/C29H28N2O/c32-23(20-31-28-15-7-3-11-24(28)25-12-4-8-16-29(25)31)19-30-26-13-5-1-9-21(26)17-18-22-10-2-6-14-27(22)30/h1-3,5-11,13-16,23,32H,4,12,17-20H2. The number of aryl methyl sites for hydroxylation is 3. The van der Waals surface area contributed by atoms with E-state index in [0.717, 1.165) is 25.7 Å². The lowest BCUT2D eigenvalue weighted by Crippen LogP contribution is -2.32. The Morgan fingerprint density at radius 2 is 1.41 bits per heavy atom. The van der Waals surface area contributed by atoms with Crippen molar-refractivity contribution in [3.8, 4) is 0 Å². The number of aliphatic hydroxyl groups excluding tert-OH is 1. The first kappa shape index (κ1) is 19.4. The molecule has 1 unspecified atom stereocenters. The third kappa shape index (κ3) is 3.25. The molecule has 0 saturated heterocycles. The van der Waals surface area contributed by atoms with Crippen LogP contribution in [0, 0.1) is 0 Å². The van der Waals surface area contributed by atoms with Gasteiger partial charge in [0.05, 0.1) is 19.2 Å². The van der Waals surface area contributed by atoms with Crippen molar-refractivity contribution >= 4 is 28.4 Å². The van der Waals surface area contributed by atoms with Crippen molar-refractivity contribution in [3.63, 3.8) is 0 Å². The van der Waals surface area contributed by atoms with E-state index in [4.69, 9.17) is 0 Å². The number of rotatable bonds is 4. The third-order valence-corrected chi connectivity index (χ3v) is 6.97. The number of nitrogens with zero attached hydrogens (tertiary/aromatic N) is 2. The lowest BCUT2D eigenvalue weighted by atomic mass is 10.0. The van der Waals surface area contributed by atoms with E-state index in [1.54, 1.807) is 0 Å². The first-order valence-electron chi connectivity index (χ1n) is 11.7. The summed E-state index contributed by atoms with van der Waals surface area (Å²) in [6, 6.07) is 25.9. The Balaban J connectivity index is 1.37. The fraction of sp³-hybridized carbons (Fsp3) is 0.241. The molecule has 1 N–H and O–H groups in total. The van der Waals surface area contributed by atoms with Gasteiger partial charge in [-0.15, -0.1) is 0 Å². The van der Waals surface area contributed by atoms with E-state index in [2.05, 4.69) is 94.4 Å². The lowest BCUT2D eigenvalue weighted by molar-refractivity contribution is 0.163. The van der Waals surface area contributed by atoms with Crippen LogP contribution in [0.1, 0.15) is 28.8 Å². The number of anilines is 2. The fourth-order valence-electron chi connectivity index (χ4n) is 5.51. The Kier molecular flexibility index (Phi) is 4.84. The van der Waals surface area contributed by atoms with Crippen molar-refractivity contribution in [1.29, 1.82) is 0 Å². The average molecular weight is 421 g/mol. The van der Waals surface area contributed by atoms with Crippen LogP contribution in [0.25, 0.3) is 17.0 Å². The molecule has 3 aromatic carbocycles. The van der Waals surface area contributed by atoms with Gasteiger partial charge in [0.2, 0.25) is 0 Å². The molecule has 32 heavy (non-hydrogen) atoms. The minimum Gasteiger partial charge on any atom is -0.389 e. The van der Waals surface area contributed by atoms with Crippen molar-refractivity contribution in [2.75, 3.05) is 11.4 Å². The number of aromatic nitrogens is 1. The highest BCUT2D eigenvalue weighted by molar-refractivity contribution is 5.88.